The van der Waals surface area contributed by atoms with Crippen molar-refractivity contribution in [3.8, 4) is 5.75 Å². The molecule has 1 fully saturated rings. The molecule has 1 atom stereocenters. The van der Waals surface area contributed by atoms with Crippen molar-refractivity contribution >= 4 is 60.1 Å². The molecule has 2 heterocycles. The topological polar surface area (TPSA) is 111 Å². The Kier molecular flexibility index (Phi) is 10.1. The van der Waals surface area contributed by atoms with Gasteiger partial charge in [0.25, 0.3) is 11.8 Å². The molecule has 0 radical (unpaired) electrons. The molecule has 198 valence electrons. The minimum Gasteiger partial charge on any atom is -0.507 e. The predicted octanol–water partition coefficient (Wildman–Crippen LogP) is 4.97. The highest BCUT2D eigenvalue weighted by Gasteiger charge is 2.22. The number of nitrogens with zero attached hydrogens (tertiary/aromatic N) is 1. The fraction of sp³-hybridized carbons (Fsp3) is 0.370. The summed E-state index contributed by atoms with van der Waals surface area (Å²) in [6.07, 6.45) is 2.53. The van der Waals surface area contributed by atoms with Gasteiger partial charge in [-0.1, -0.05) is 19.1 Å². The summed E-state index contributed by atoms with van der Waals surface area (Å²) < 4.78 is 1.20. The summed E-state index contributed by atoms with van der Waals surface area (Å²) in [7, 11) is 3.15. The normalized spacial score (nSPS) is 15.4. The van der Waals surface area contributed by atoms with Crippen LogP contribution in [0.1, 0.15) is 53.0 Å². The zero-order valence-corrected chi connectivity index (χ0v) is 23.9. The molecule has 3 aromatic rings. The molecule has 1 unspecified atom stereocenters. The summed E-state index contributed by atoms with van der Waals surface area (Å²) in [5.41, 5.74) is 2.10. The minimum atomic E-state index is -0.296. The van der Waals surface area contributed by atoms with Crippen LogP contribution in [0.5, 0.6) is 5.75 Å². The number of likely N-dealkylation sites (tertiary alicyclic amines) is 1. The first-order valence-electron chi connectivity index (χ1n) is 12.1. The van der Waals surface area contributed by atoms with E-state index in [0.717, 1.165) is 25.6 Å². The fourth-order valence-electron chi connectivity index (χ4n) is 4.17. The second kappa shape index (κ2) is 13.0. The Hall–Kier alpha value is -2.95. The van der Waals surface area contributed by atoms with Crippen molar-refractivity contribution in [1.29, 1.82) is 0 Å². The maximum absolute atomic E-state index is 12.9. The zero-order valence-electron chi connectivity index (χ0n) is 21.5. The van der Waals surface area contributed by atoms with E-state index in [-0.39, 0.29) is 23.5 Å². The molecule has 0 saturated carbocycles. The number of thiophene rings is 1. The summed E-state index contributed by atoms with van der Waals surface area (Å²) in [4.78, 5) is 37.6. The van der Waals surface area contributed by atoms with Crippen LogP contribution in [0.25, 0.3) is 10.1 Å². The number of nitrogens with one attached hydrogen (secondary N) is 3. The number of aromatic hydroxyl groups is 1. The minimum absolute atomic E-state index is 0.00463. The smallest absolute Gasteiger partial charge is 0.256 e. The monoisotopic (exact) mass is 588 g/mol. The molecule has 8 nitrogen and oxygen atoms in total. The molecule has 1 aliphatic heterocycles. The van der Waals surface area contributed by atoms with E-state index in [1.165, 1.54) is 36.7 Å². The van der Waals surface area contributed by atoms with Crippen molar-refractivity contribution in [2.24, 2.45) is 5.92 Å². The molecule has 37 heavy (non-hydrogen) atoms. The highest BCUT2D eigenvalue weighted by Crippen LogP contribution is 2.40. The molecule has 2 aromatic carbocycles. The van der Waals surface area contributed by atoms with Crippen LogP contribution in [0, 0.1) is 5.92 Å². The molecule has 1 saturated heterocycles. The van der Waals surface area contributed by atoms with Crippen LogP contribution in [0.4, 0.5) is 5.00 Å². The molecule has 3 amide bonds. The maximum atomic E-state index is 12.9. The lowest BCUT2D eigenvalue weighted by atomic mass is 9.99. The highest BCUT2D eigenvalue weighted by atomic mass is 79.9. The number of benzene rings is 2. The summed E-state index contributed by atoms with van der Waals surface area (Å²) in [5.74, 6) is 0.245. The Balaban J connectivity index is 0.000000695. The largest absolute Gasteiger partial charge is 0.507 e. The number of phenols is 1. The molecule has 4 rings (SSSR count). The van der Waals surface area contributed by atoms with Crippen LogP contribution in [-0.4, -0.2) is 54.9 Å². The van der Waals surface area contributed by atoms with Gasteiger partial charge in [0, 0.05) is 49.8 Å². The second-order valence-electron chi connectivity index (χ2n) is 9.12. The molecule has 1 aliphatic rings. The van der Waals surface area contributed by atoms with E-state index in [2.05, 4.69) is 43.7 Å². The third kappa shape index (κ3) is 7.53. The van der Waals surface area contributed by atoms with Gasteiger partial charge in [-0.25, -0.2) is 0 Å². The number of hydrogen-bond acceptors (Lipinski definition) is 6. The standard InChI is InChI=1S/C24H26BrN3O3S.C3H7NO/c1-14-4-3-9-28(12-14)13-15-5-7-16(8-6-15)22(30)27-24-21(23(31)26-2)17-10-18(25)19(29)11-20(17)32-24;1-3(5)4-2/h5-8,10-11,14,29H,3-4,9,12-13H2,1-2H3,(H,26,31)(H,27,30);1-2H3,(H,4,5). The van der Waals surface area contributed by atoms with Gasteiger partial charge in [0.15, 0.2) is 0 Å². The number of piperidine rings is 1. The molecular formula is C27H33BrN4O4S. The average Bonchev–Trinajstić information content (AvgIpc) is 3.20. The van der Waals surface area contributed by atoms with Crippen LogP contribution in [0.2, 0.25) is 0 Å². The number of anilines is 1. The molecule has 0 spiro atoms. The highest BCUT2D eigenvalue weighted by molar-refractivity contribution is 9.10. The van der Waals surface area contributed by atoms with Gasteiger partial charge in [0.1, 0.15) is 10.8 Å². The van der Waals surface area contributed by atoms with Crippen LogP contribution >= 0.6 is 27.3 Å². The summed E-state index contributed by atoms with van der Waals surface area (Å²) in [5, 5.41) is 19.0. The Bertz CT molecular complexity index is 1280. The summed E-state index contributed by atoms with van der Waals surface area (Å²) >= 11 is 4.56. The Morgan fingerprint density at radius 1 is 1.11 bits per heavy atom. The molecule has 4 N–H and O–H groups in total. The van der Waals surface area contributed by atoms with Crippen molar-refractivity contribution < 1.29 is 19.5 Å². The van der Waals surface area contributed by atoms with Crippen molar-refractivity contribution in [3.05, 3.63) is 57.6 Å². The number of carbonyl (C=O) groups is 3. The van der Waals surface area contributed by atoms with Crippen molar-refractivity contribution in [3.63, 3.8) is 0 Å². The van der Waals surface area contributed by atoms with E-state index in [1.54, 1.807) is 26.2 Å². The first-order chi connectivity index (χ1) is 17.6. The third-order valence-corrected chi connectivity index (χ3v) is 7.86. The lowest BCUT2D eigenvalue weighted by Crippen LogP contribution is -2.33. The number of amides is 3. The first-order valence-corrected chi connectivity index (χ1v) is 13.7. The van der Waals surface area contributed by atoms with E-state index < -0.39 is 0 Å². The molecular weight excluding hydrogens is 556 g/mol. The summed E-state index contributed by atoms with van der Waals surface area (Å²) in [6, 6.07) is 10.9. The number of phenolic OH excluding ortho intramolecular Hbond substituents is 1. The summed E-state index contributed by atoms with van der Waals surface area (Å²) in [6.45, 7) is 6.89. The molecule has 0 bridgehead atoms. The Morgan fingerprint density at radius 3 is 2.38 bits per heavy atom. The maximum Gasteiger partial charge on any atom is 0.256 e. The zero-order chi connectivity index (χ0) is 27.1. The number of rotatable bonds is 5. The number of hydrogen-bond donors (Lipinski definition) is 4. The Labute approximate surface area is 229 Å². The van der Waals surface area contributed by atoms with Gasteiger partial charge in [0.2, 0.25) is 5.91 Å². The predicted molar refractivity (Wildman–Crippen MR) is 152 cm³/mol. The van der Waals surface area contributed by atoms with Gasteiger partial charge >= 0.3 is 0 Å². The Morgan fingerprint density at radius 2 is 1.78 bits per heavy atom. The van der Waals surface area contributed by atoms with E-state index in [4.69, 9.17) is 0 Å². The fourth-order valence-corrected chi connectivity index (χ4v) is 5.62. The van der Waals surface area contributed by atoms with Crippen LogP contribution in [0.3, 0.4) is 0 Å². The van der Waals surface area contributed by atoms with Gasteiger partial charge in [-0.3, -0.25) is 19.3 Å². The lowest BCUT2D eigenvalue weighted by Gasteiger charge is -2.30. The van der Waals surface area contributed by atoms with Crippen LogP contribution in [-0.2, 0) is 11.3 Å². The van der Waals surface area contributed by atoms with Gasteiger partial charge in [0.05, 0.1) is 10.0 Å². The van der Waals surface area contributed by atoms with Gasteiger partial charge < -0.3 is 21.1 Å². The average molecular weight is 590 g/mol. The second-order valence-corrected chi connectivity index (χ2v) is 11.0. The number of fused-ring (bicyclic) bond motifs is 1. The SMILES string of the molecule is CNC(=O)c1c(NC(=O)c2ccc(CN3CCCC(C)C3)cc2)sc2cc(O)c(Br)cc12.CNC(C)=O. The van der Waals surface area contributed by atoms with E-state index in [1.807, 2.05) is 24.3 Å². The van der Waals surface area contributed by atoms with Crippen molar-refractivity contribution in [2.45, 2.75) is 33.2 Å². The first kappa shape index (κ1) is 28.6. The molecule has 10 heteroatoms. The van der Waals surface area contributed by atoms with E-state index in [0.29, 0.717) is 30.7 Å². The van der Waals surface area contributed by atoms with Gasteiger partial charge in [-0.05, 0) is 71.1 Å². The van der Waals surface area contributed by atoms with Gasteiger partial charge in [-0.15, -0.1) is 11.3 Å². The number of carbonyl (C=O) groups excluding carboxylic acids is 3. The van der Waals surface area contributed by atoms with Gasteiger partial charge in [-0.2, -0.15) is 0 Å². The van der Waals surface area contributed by atoms with E-state index in [9.17, 15) is 19.5 Å². The molecule has 0 aliphatic carbocycles. The van der Waals surface area contributed by atoms with Crippen molar-refractivity contribution in [2.75, 3.05) is 32.5 Å². The number of halogens is 1. The van der Waals surface area contributed by atoms with E-state index >= 15 is 0 Å². The quantitative estimate of drug-likeness (QED) is 0.336. The third-order valence-electron chi connectivity index (χ3n) is 6.15. The van der Waals surface area contributed by atoms with Crippen molar-refractivity contribution in [1.82, 2.24) is 15.5 Å². The molecule has 1 aromatic heterocycles. The van der Waals surface area contributed by atoms with Crippen LogP contribution < -0.4 is 16.0 Å². The van der Waals surface area contributed by atoms with Crippen LogP contribution in [0.15, 0.2) is 40.9 Å². The lowest BCUT2D eigenvalue weighted by molar-refractivity contribution is -0.118.